The molecule has 0 aliphatic carbocycles. The number of guanidine groups is 1. The van der Waals surface area contributed by atoms with E-state index < -0.39 is 0 Å². The van der Waals surface area contributed by atoms with E-state index in [2.05, 4.69) is 63.1 Å². The standard InChI is InChI=1S/C25H33N5O/c1-18-9-11-19(12-10-18)23(30-13-5-6-14-30)17-28-25(26-2)27-16-20-15-24(31)29-22-8-4-3-7-21(20)22/h3-4,7-12,20,23H,5-6,13-17H2,1-2H3,(H,29,31)(H2,26,27,28). The van der Waals surface area contributed by atoms with Crippen molar-refractivity contribution in [3.63, 3.8) is 0 Å². The monoisotopic (exact) mass is 419 g/mol. The second-order valence-corrected chi connectivity index (χ2v) is 8.54. The summed E-state index contributed by atoms with van der Waals surface area (Å²) in [6, 6.07) is 17.2. The van der Waals surface area contributed by atoms with Gasteiger partial charge < -0.3 is 16.0 Å². The van der Waals surface area contributed by atoms with Gasteiger partial charge in [-0.2, -0.15) is 0 Å². The Hall–Kier alpha value is -2.86. The van der Waals surface area contributed by atoms with Gasteiger partial charge in [-0.15, -0.1) is 0 Å². The zero-order chi connectivity index (χ0) is 21.6. The molecule has 4 rings (SSSR count). The lowest BCUT2D eigenvalue weighted by molar-refractivity contribution is -0.116. The van der Waals surface area contributed by atoms with Crippen molar-refractivity contribution < 1.29 is 4.79 Å². The minimum absolute atomic E-state index is 0.0712. The van der Waals surface area contributed by atoms with Crippen LogP contribution >= 0.6 is 0 Å². The van der Waals surface area contributed by atoms with Crippen LogP contribution in [0.4, 0.5) is 5.69 Å². The van der Waals surface area contributed by atoms with Crippen LogP contribution in [0.3, 0.4) is 0 Å². The van der Waals surface area contributed by atoms with Gasteiger partial charge in [0.15, 0.2) is 5.96 Å². The summed E-state index contributed by atoms with van der Waals surface area (Å²) in [4.78, 5) is 19.1. The molecule has 3 N–H and O–H groups in total. The molecule has 2 unspecified atom stereocenters. The van der Waals surface area contributed by atoms with Crippen molar-refractivity contribution in [2.45, 2.75) is 38.1 Å². The summed E-state index contributed by atoms with van der Waals surface area (Å²) in [5, 5.41) is 9.95. The molecule has 1 saturated heterocycles. The Balaban J connectivity index is 1.39. The highest BCUT2D eigenvalue weighted by atomic mass is 16.1. The van der Waals surface area contributed by atoms with Crippen LogP contribution in [0.25, 0.3) is 0 Å². The van der Waals surface area contributed by atoms with E-state index in [1.807, 2.05) is 18.2 Å². The van der Waals surface area contributed by atoms with Crippen LogP contribution in [0.15, 0.2) is 53.5 Å². The number of hydrogen-bond acceptors (Lipinski definition) is 3. The summed E-state index contributed by atoms with van der Waals surface area (Å²) in [6.07, 6.45) is 3.01. The largest absolute Gasteiger partial charge is 0.356 e. The van der Waals surface area contributed by atoms with Gasteiger partial charge in [-0.05, 0) is 50.0 Å². The molecule has 0 bridgehead atoms. The Morgan fingerprint density at radius 2 is 1.87 bits per heavy atom. The van der Waals surface area contributed by atoms with Crippen molar-refractivity contribution in [2.75, 3.05) is 38.5 Å². The third kappa shape index (κ3) is 5.25. The molecule has 0 spiro atoms. The average Bonchev–Trinajstić information content (AvgIpc) is 3.31. The number of rotatable bonds is 6. The Bertz CT molecular complexity index is 918. The van der Waals surface area contributed by atoms with E-state index in [0.29, 0.717) is 19.0 Å². The second-order valence-electron chi connectivity index (χ2n) is 8.54. The van der Waals surface area contributed by atoms with Crippen molar-refractivity contribution in [3.8, 4) is 0 Å². The molecule has 31 heavy (non-hydrogen) atoms. The maximum atomic E-state index is 12.1. The summed E-state index contributed by atoms with van der Waals surface area (Å²) in [6.45, 7) is 5.87. The molecule has 2 atom stereocenters. The Morgan fingerprint density at radius 1 is 1.13 bits per heavy atom. The van der Waals surface area contributed by atoms with E-state index in [1.165, 1.54) is 29.5 Å². The Kier molecular flexibility index (Phi) is 6.87. The highest BCUT2D eigenvalue weighted by molar-refractivity contribution is 5.94. The number of carbonyl (C=O) groups is 1. The molecular weight excluding hydrogens is 386 g/mol. The molecule has 6 heteroatoms. The summed E-state index contributed by atoms with van der Waals surface area (Å²) in [5.41, 5.74) is 4.72. The van der Waals surface area contributed by atoms with Gasteiger partial charge in [0.2, 0.25) is 5.91 Å². The fraction of sp³-hybridized carbons (Fsp3) is 0.440. The Labute approximate surface area is 185 Å². The first-order valence-electron chi connectivity index (χ1n) is 11.3. The van der Waals surface area contributed by atoms with E-state index >= 15 is 0 Å². The van der Waals surface area contributed by atoms with Gasteiger partial charge in [0.05, 0.1) is 6.04 Å². The first kappa shape index (κ1) is 21.4. The molecule has 164 valence electrons. The van der Waals surface area contributed by atoms with Crippen LogP contribution in [0, 0.1) is 6.92 Å². The third-order valence-electron chi connectivity index (χ3n) is 6.35. The minimum Gasteiger partial charge on any atom is -0.356 e. The number of nitrogens with zero attached hydrogens (tertiary/aromatic N) is 2. The fourth-order valence-corrected chi connectivity index (χ4v) is 4.62. The fourth-order valence-electron chi connectivity index (χ4n) is 4.62. The number of para-hydroxylation sites is 1. The second kappa shape index (κ2) is 9.96. The van der Waals surface area contributed by atoms with Crippen LogP contribution in [0.2, 0.25) is 0 Å². The predicted octanol–water partition coefficient (Wildman–Crippen LogP) is 3.42. The van der Waals surface area contributed by atoms with Crippen LogP contribution in [-0.4, -0.2) is 50.0 Å². The van der Waals surface area contributed by atoms with Crippen LogP contribution in [0.5, 0.6) is 0 Å². The lowest BCUT2D eigenvalue weighted by Gasteiger charge is -2.30. The van der Waals surface area contributed by atoms with E-state index in [9.17, 15) is 4.79 Å². The van der Waals surface area contributed by atoms with Crippen molar-refractivity contribution >= 4 is 17.6 Å². The summed E-state index contributed by atoms with van der Waals surface area (Å²) in [7, 11) is 1.80. The van der Waals surface area contributed by atoms with Crippen LogP contribution in [0.1, 0.15) is 47.9 Å². The summed E-state index contributed by atoms with van der Waals surface area (Å²) in [5.74, 6) is 0.983. The van der Waals surface area contributed by atoms with Crippen molar-refractivity contribution in [2.24, 2.45) is 4.99 Å². The maximum Gasteiger partial charge on any atom is 0.225 e. The number of hydrogen-bond donors (Lipinski definition) is 3. The SMILES string of the molecule is CN=C(NCC1CC(=O)Nc2ccccc21)NCC(c1ccc(C)cc1)N1CCCC1. The number of nitrogens with one attached hydrogen (secondary N) is 3. The molecular formula is C25H33N5O. The predicted molar refractivity (Wildman–Crippen MR) is 127 cm³/mol. The first-order chi connectivity index (χ1) is 15.1. The lowest BCUT2D eigenvalue weighted by Crippen LogP contribution is -2.44. The summed E-state index contributed by atoms with van der Waals surface area (Å²) < 4.78 is 0. The number of aliphatic imine (C=N–C) groups is 1. The number of likely N-dealkylation sites (tertiary alicyclic amines) is 1. The van der Waals surface area contributed by atoms with Gasteiger partial charge >= 0.3 is 0 Å². The van der Waals surface area contributed by atoms with Gasteiger partial charge in [0.1, 0.15) is 0 Å². The van der Waals surface area contributed by atoms with Gasteiger partial charge in [0, 0.05) is 38.2 Å². The molecule has 2 aliphatic heterocycles. The smallest absolute Gasteiger partial charge is 0.225 e. The molecule has 0 saturated carbocycles. The van der Waals surface area contributed by atoms with Crippen molar-refractivity contribution in [1.82, 2.24) is 15.5 Å². The zero-order valence-corrected chi connectivity index (χ0v) is 18.5. The molecule has 0 radical (unpaired) electrons. The molecule has 2 heterocycles. The minimum atomic E-state index is 0.0712. The normalized spacial score (nSPS) is 20.1. The van der Waals surface area contributed by atoms with Crippen molar-refractivity contribution in [3.05, 3.63) is 65.2 Å². The molecule has 2 aromatic carbocycles. The Morgan fingerprint density at radius 3 is 2.61 bits per heavy atom. The van der Waals surface area contributed by atoms with E-state index in [-0.39, 0.29) is 11.8 Å². The number of amides is 1. The highest BCUT2D eigenvalue weighted by Crippen LogP contribution is 2.31. The molecule has 1 amide bonds. The van der Waals surface area contributed by atoms with Gasteiger partial charge in [-0.1, -0.05) is 48.0 Å². The highest BCUT2D eigenvalue weighted by Gasteiger charge is 2.26. The van der Waals surface area contributed by atoms with E-state index in [4.69, 9.17) is 0 Å². The topological polar surface area (TPSA) is 68.8 Å². The number of benzene rings is 2. The molecule has 0 aromatic heterocycles. The van der Waals surface area contributed by atoms with Gasteiger partial charge in [-0.25, -0.2) is 0 Å². The molecule has 6 nitrogen and oxygen atoms in total. The van der Waals surface area contributed by atoms with Crippen molar-refractivity contribution in [1.29, 1.82) is 0 Å². The van der Waals surface area contributed by atoms with E-state index in [0.717, 1.165) is 31.3 Å². The first-order valence-corrected chi connectivity index (χ1v) is 11.3. The van der Waals surface area contributed by atoms with Crippen LogP contribution < -0.4 is 16.0 Å². The number of aryl methyl sites for hydroxylation is 1. The molecule has 1 fully saturated rings. The number of anilines is 1. The lowest BCUT2D eigenvalue weighted by atomic mass is 9.90. The van der Waals surface area contributed by atoms with Gasteiger partial charge in [0.25, 0.3) is 0 Å². The third-order valence-corrected chi connectivity index (χ3v) is 6.35. The van der Waals surface area contributed by atoms with E-state index in [1.54, 1.807) is 7.05 Å². The molecule has 2 aliphatic rings. The van der Waals surface area contributed by atoms with Gasteiger partial charge in [-0.3, -0.25) is 14.7 Å². The summed E-state index contributed by atoms with van der Waals surface area (Å²) >= 11 is 0. The zero-order valence-electron chi connectivity index (χ0n) is 18.5. The number of fused-ring (bicyclic) bond motifs is 1. The average molecular weight is 420 g/mol. The maximum absolute atomic E-state index is 12.1. The number of carbonyl (C=O) groups excluding carboxylic acids is 1. The molecule has 2 aromatic rings. The quantitative estimate of drug-likeness (QED) is 0.496. The van der Waals surface area contributed by atoms with Crippen LogP contribution in [-0.2, 0) is 4.79 Å².